The molecule has 0 fully saturated rings. The number of nitrogens with one attached hydrogen (secondary N) is 1. The molecule has 78 valence electrons. The van der Waals surface area contributed by atoms with Crippen LogP contribution in [0.15, 0.2) is 4.99 Å². The Morgan fingerprint density at radius 3 is 1.85 bits per heavy atom. The van der Waals surface area contributed by atoms with E-state index in [9.17, 15) is 0 Å². The van der Waals surface area contributed by atoms with Crippen LogP contribution in [0.5, 0.6) is 0 Å². The Labute approximate surface area is 78.2 Å². The molecule has 0 bridgehead atoms. The van der Waals surface area contributed by atoms with Gasteiger partial charge in [0.1, 0.15) is 0 Å². The SMILES string of the molecule is CN(C)C(=N)N=C(N)N.O=S([O-])[O-]. The summed E-state index contributed by atoms with van der Waals surface area (Å²) in [6, 6.07) is 0. The molecule has 0 aliphatic rings. The molecule has 8 nitrogen and oxygen atoms in total. The van der Waals surface area contributed by atoms with Crippen LogP contribution >= 0.6 is 0 Å². The van der Waals surface area contributed by atoms with E-state index in [4.69, 9.17) is 30.2 Å². The van der Waals surface area contributed by atoms with Crippen LogP contribution in [0.1, 0.15) is 0 Å². The van der Waals surface area contributed by atoms with E-state index in [2.05, 4.69) is 4.99 Å². The molecule has 9 heteroatoms. The summed E-state index contributed by atoms with van der Waals surface area (Å²) < 4.78 is 25.3. The maximum absolute atomic E-state index is 8.44. The molecule has 0 atom stereocenters. The van der Waals surface area contributed by atoms with Gasteiger partial charge in [0.15, 0.2) is 5.96 Å². The monoisotopic (exact) mass is 209 g/mol. The van der Waals surface area contributed by atoms with Gasteiger partial charge in [-0.3, -0.25) is 9.62 Å². The van der Waals surface area contributed by atoms with Crippen LogP contribution in [0.25, 0.3) is 0 Å². The third-order valence-corrected chi connectivity index (χ3v) is 0.659. The van der Waals surface area contributed by atoms with E-state index in [1.807, 2.05) is 0 Å². The Balaban J connectivity index is 0. The number of hydrogen-bond donors (Lipinski definition) is 3. The minimum atomic E-state index is -3.11. The van der Waals surface area contributed by atoms with E-state index >= 15 is 0 Å². The molecule has 0 amide bonds. The van der Waals surface area contributed by atoms with Gasteiger partial charge >= 0.3 is 0 Å². The lowest BCUT2D eigenvalue weighted by molar-refractivity contribution is 0.419. The van der Waals surface area contributed by atoms with Crippen molar-refractivity contribution in [3.05, 3.63) is 0 Å². The van der Waals surface area contributed by atoms with Crippen molar-refractivity contribution < 1.29 is 13.3 Å². The molecule has 13 heavy (non-hydrogen) atoms. The zero-order chi connectivity index (χ0) is 11.0. The van der Waals surface area contributed by atoms with E-state index < -0.39 is 11.4 Å². The highest BCUT2D eigenvalue weighted by atomic mass is 32.2. The van der Waals surface area contributed by atoms with Crippen LogP contribution in [0.4, 0.5) is 0 Å². The Kier molecular flexibility index (Phi) is 8.23. The molecule has 0 radical (unpaired) electrons. The summed E-state index contributed by atoms with van der Waals surface area (Å²) in [4.78, 5) is 4.96. The summed E-state index contributed by atoms with van der Waals surface area (Å²) >= 11 is -3.11. The van der Waals surface area contributed by atoms with E-state index in [0.29, 0.717) is 0 Å². The summed E-state index contributed by atoms with van der Waals surface area (Å²) in [5, 5.41) is 7.05. The smallest absolute Gasteiger partial charge is 0.220 e. The van der Waals surface area contributed by atoms with Crippen LogP contribution in [0, 0.1) is 5.41 Å². The Bertz CT molecular complexity index is 208. The van der Waals surface area contributed by atoms with E-state index in [1.165, 1.54) is 4.90 Å². The van der Waals surface area contributed by atoms with Crippen LogP contribution in [0.2, 0.25) is 0 Å². The Morgan fingerprint density at radius 1 is 1.46 bits per heavy atom. The maximum atomic E-state index is 8.44. The summed E-state index contributed by atoms with van der Waals surface area (Å²) in [6.07, 6.45) is 0. The molecule has 0 aliphatic carbocycles. The van der Waals surface area contributed by atoms with Gasteiger partial charge in [0.2, 0.25) is 5.96 Å². The molecule has 0 rings (SSSR count). The first-order valence-electron chi connectivity index (χ1n) is 2.89. The lowest BCUT2D eigenvalue weighted by atomic mass is 10.8. The molecular formula is C4H11N5O3S-2. The van der Waals surface area contributed by atoms with Crippen molar-refractivity contribution in [2.24, 2.45) is 16.5 Å². The van der Waals surface area contributed by atoms with Crippen molar-refractivity contribution in [3.63, 3.8) is 0 Å². The van der Waals surface area contributed by atoms with E-state index in [0.717, 1.165) is 0 Å². The number of nitrogens with zero attached hydrogens (tertiary/aromatic N) is 2. The molecule has 0 aromatic heterocycles. The maximum Gasteiger partial charge on any atom is 0.220 e. The lowest BCUT2D eigenvalue weighted by Crippen LogP contribution is -2.28. The summed E-state index contributed by atoms with van der Waals surface area (Å²) in [5.41, 5.74) is 9.98. The van der Waals surface area contributed by atoms with Gasteiger partial charge in [-0.2, -0.15) is 4.99 Å². The van der Waals surface area contributed by atoms with Crippen LogP contribution < -0.4 is 11.5 Å². The summed E-state index contributed by atoms with van der Waals surface area (Å²) in [5.74, 6) is -0.0382. The molecule has 5 N–H and O–H groups in total. The largest absolute Gasteiger partial charge is 0.784 e. The minimum Gasteiger partial charge on any atom is -0.784 e. The van der Waals surface area contributed by atoms with Gasteiger partial charge in [0.25, 0.3) is 0 Å². The van der Waals surface area contributed by atoms with Gasteiger partial charge in [-0.1, -0.05) is 0 Å². The molecule has 0 unspecified atom stereocenters. The van der Waals surface area contributed by atoms with E-state index in [-0.39, 0.29) is 11.9 Å². The van der Waals surface area contributed by atoms with Crippen LogP contribution in [0.3, 0.4) is 0 Å². The molecule has 0 saturated carbocycles. The highest BCUT2D eigenvalue weighted by Gasteiger charge is 1.93. The summed E-state index contributed by atoms with van der Waals surface area (Å²) in [7, 11) is 3.38. The number of guanidine groups is 2. The van der Waals surface area contributed by atoms with Gasteiger partial charge in [-0.15, -0.1) is 11.4 Å². The molecular weight excluding hydrogens is 198 g/mol. The van der Waals surface area contributed by atoms with Crippen LogP contribution in [-0.2, 0) is 11.4 Å². The van der Waals surface area contributed by atoms with Crippen molar-refractivity contribution in [1.29, 1.82) is 5.41 Å². The first-order valence-corrected chi connectivity index (χ1v) is 3.89. The Hall–Kier alpha value is -1.19. The fourth-order valence-corrected chi connectivity index (χ4v) is 0.222. The lowest BCUT2D eigenvalue weighted by Gasteiger charge is -2.07. The Morgan fingerprint density at radius 2 is 1.77 bits per heavy atom. The van der Waals surface area contributed by atoms with Gasteiger partial charge in [-0.25, -0.2) is 0 Å². The fraction of sp³-hybridized carbons (Fsp3) is 0.500. The van der Waals surface area contributed by atoms with Gasteiger partial charge in [0.05, 0.1) is 0 Å². The molecule has 0 spiro atoms. The van der Waals surface area contributed by atoms with Crippen molar-refractivity contribution in [2.75, 3.05) is 14.1 Å². The van der Waals surface area contributed by atoms with Crippen molar-refractivity contribution in [2.45, 2.75) is 0 Å². The quantitative estimate of drug-likeness (QED) is 0.232. The average molecular weight is 209 g/mol. The predicted molar refractivity (Wildman–Crippen MR) is 46.9 cm³/mol. The standard InChI is InChI=1S/C4H11N5.H2O3S/c1-9(2)4(7)8-3(5)6;1-4(2)3/h1-2H3,(H5,5,6,7,8);(H2,1,2,3)/p-2. The number of rotatable bonds is 0. The average Bonchev–Trinajstić information content (AvgIpc) is 1.83. The third-order valence-electron chi connectivity index (χ3n) is 0.659. The first kappa shape index (κ1) is 14.3. The normalized spacial score (nSPS) is 8.38. The second-order valence-electron chi connectivity index (χ2n) is 1.96. The number of hydrogen-bond acceptors (Lipinski definition) is 4. The fourth-order valence-electron chi connectivity index (χ4n) is 0.222. The predicted octanol–water partition coefficient (Wildman–Crippen LogP) is -2.25. The first-order chi connectivity index (χ1) is 5.77. The zero-order valence-electron chi connectivity index (χ0n) is 7.18. The molecule has 0 saturated heterocycles. The van der Waals surface area contributed by atoms with Gasteiger partial charge in [0, 0.05) is 14.1 Å². The minimum absolute atomic E-state index is 0.0509. The van der Waals surface area contributed by atoms with Crippen LogP contribution in [-0.4, -0.2) is 44.2 Å². The topological polar surface area (TPSA) is 155 Å². The second kappa shape index (κ2) is 7.46. The highest BCUT2D eigenvalue weighted by molar-refractivity contribution is 7.72. The van der Waals surface area contributed by atoms with Gasteiger partial charge < -0.3 is 25.5 Å². The molecule has 0 aromatic carbocycles. The molecule has 0 aromatic rings. The number of nitrogens with two attached hydrogens (primary N) is 2. The van der Waals surface area contributed by atoms with Crippen molar-refractivity contribution in [1.82, 2.24) is 4.90 Å². The number of aliphatic imine (C=N–C) groups is 1. The van der Waals surface area contributed by atoms with E-state index in [1.54, 1.807) is 14.1 Å². The van der Waals surface area contributed by atoms with Crippen molar-refractivity contribution in [3.8, 4) is 0 Å². The third kappa shape index (κ3) is 18.1. The highest BCUT2D eigenvalue weighted by Crippen LogP contribution is 1.78. The van der Waals surface area contributed by atoms with Crippen molar-refractivity contribution >= 4 is 23.3 Å². The molecule has 0 heterocycles. The molecule has 0 aliphatic heterocycles. The second-order valence-corrected chi connectivity index (χ2v) is 2.37. The zero-order valence-corrected chi connectivity index (χ0v) is 8.00. The van der Waals surface area contributed by atoms with Gasteiger partial charge in [-0.05, 0) is 0 Å². The summed E-state index contributed by atoms with van der Waals surface area (Å²) in [6.45, 7) is 0.